The highest BCUT2D eigenvalue weighted by Crippen LogP contribution is 2.26. The number of aryl methyl sites for hydroxylation is 1. The monoisotopic (exact) mass is 449 g/mol. The van der Waals surface area contributed by atoms with Crippen LogP contribution >= 0.6 is 0 Å². The van der Waals surface area contributed by atoms with Gasteiger partial charge in [0.15, 0.2) is 0 Å². The largest absolute Gasteiger partial charge is 0.497 e. The fourth-order valence-electron chi connectivity index (χ4n) is 4.04. The van der Waals surface area contributed by atoms with Gasteiger partial charge in [-0.25, -0.2) is 4.79 Å². The van der Waals surface area contributed by atoms with Crippen molar-refractivity contribution < 1.29 is 14.3 Å². The van der Waals surface area contributed by atoms with E-state index < -0.39 is 0 Å². The van der Waals surface area contributed by atoms with E-state index in [9.17, 15) is 9.59 Å². The molecule has 1 aliphatic rings. The van der Waals surface area contributed by atoms with E-state index in [0.29, 0.717) is 6.54 Å². The molecular formula is C25H31N5O3. The molecule has 8 heteroatoms. The Balaban J connectivity index is 1.49. The highest BCUT2D eigenvalue weighted by atomic mass is 16.5. The fraction of sp³-hybridized carbons (Fsp3) is 0.360. The molecule has 1 aliphatic heterocycles. The van der Waals surface area contributed by atoms with Crippen LogP contribution in [0, 0.1) is 6.92 Å². The summed E-state index contributed by atoms with van der Waals surface area (Å²) in [6, 6.07) is 13.2. The molecular weight excluding hydrogens is 418 g/mol. The van der Waals surface area contributed by atoms with Crippen molar-refractivity contribution in [2.75, 3.05) is 45.7 Å². The molecule has 0 radical (unpaired) electrons. The molecule has 0 saturated carbocycles. The van der Waals surface area contributed by atoms with Gasteiger partial charge < -0.3 is 29.7 Å². The Bertz CT molecular complexity index is 1130. The summed E-state index contributed by atoms with van der Waals surface area (Å²) in [7, 11) is 3.70. The number of aromatic nitrogens is 1. The quantitative estimate of drug-likeness (QED) is 0.606. The van der Waals surface area contributed by atoms with Gasteiger partial charge in [0, 0.05) is 55.5 Å². The third kappa shape index (κ3) is 5.46. The maximum absolute atomic E-state index is 12.9. The minimum Gasteiger partial charge on any atom is -0.497 e. The molecule has 2 N–H and O–H groups in total. The van der Waals surface area contributed by atoms with E-state index in [-0.39, 0.29) is 18.5 Å². The normalized spacial score (nSPS) is 14.3. The third-order valence-electron chi connectivity index (χ3n) is 6.08. The lowest BCUT2D eigenvalue weighted by Gasteiger charge is -2.32. The summed E-state index contributed by atoms with van der Waals surface area (Å²) in [6.07, 6.45) is 1.95. The highest BCUT2D eigenvalue weighted by Gasteiger charge is 2.20. The van der Waals surface area contributed by atoms with Gasteiger partial charge in [0.2, 0.25) is 5.91 Å². The lowest BCUT2D eigenvalue weighted by atomic mass is 10.1. The van der Waals surface area contributed by atoms with Crippen molar-refractivity contribution in [3.05, 3.63) is 59.8 Å². The number of fused-ring (bicyclic) bond motifs is 1. The van der Waals surface area contributed by atoms with Crippen molar-refractivity contribution in [2.45, 2.75) is 20.0 Å². The van der Waals surface area contributed by atoms with Gasteiger partial charge in [0.25, 0.3) is 0 Å². The summed E-state index contributed by atoms with van der Waals surface area (Å²) in [5.41, 5.74) is 3.73. The van der Waals surface area contributed by atoms with E-state index in [0.717, 1.165) is 59.6 Å². The molecule has 2 heterocycles. The summed E-state index contributed by atoms with van der Waals surface area (Å²) in [5.74, 6) is 0.837. The number of nitrogens with one attached hydrogen (secondary N) is 2. The standard InChI is InChI=1S/C25H31N5O3/c1-18-4-6-20(7-5-18)27-25(32)26-15-19-16-30(23-9-8-21(33-3)14-22(19)23)17-24(31)29-12-10-28(2)11-13-29/h4-9,14,16H,10-13,15,17H2,1-3H3,(H2,26,27,32). The average molecular weight is 450 g/mol. The number of hydrogen-bond acceptors (Lipinski definition) is 4. The topological polar surface area (TPSA) is 78.8 Å². The number of rotatable bonds is 6. The van der Waals surface area contributed by atoms with E-state index in [4.69, 9.17) is 4.74 Å². The maximum atomic E-state index is 12.9. The summed E-state index contributed by atoms with van der Waals surface area (Å²) in [5, 5.41) is 6.73. The van der Waals surface area contributed by atoms with Crippen LogP contribution < -0.4 is 15.4 Å². The van der Waals surface area contributed by atoms with Gasteiger partial charge in [0.05, 0.1) is 7.11 Å². The van der Waals surface area contributed by atoms with Crippen LogP contribution in [0.3, 0.4) is 0 Å². The second-order valence-electron chi connectivity index (χ2n) is 8.52. The molecule has 3 aromatic rings. The number of anilines is 1. The predicted molar refractivity (Wildman–Crippen MR) is 130 cm³/mol. The van der Waals surface area contributed by atoms with Crippen LogP contribution in [0.2, 0.25) is 0 Å². The molecule has 1 fully saturated rings. The van der Waals surface area contributed by atoms with Gasteiger partial charge in [-0.1, -0.05) is 17.7 Å². The Morgan fingerprint density at radius 2 is 1.76 bits per heavy atom. The summed E-state index contributed by atoms with van der Waals surface area (Å²) in [4.78, 5) is 29.5. The molecule has 33 heavy (non-hydrogen) atoms. The van der Waals surface area contributed by atoms with Crippen molar-refractivity contribution in [1.29, 1.82) is 0 Å². The molecule has 1 aromatic heterocycles. The van der Waals surface area contributed by atoms with Crippen molar-refractivity contribution in [1.82, 2.24) is 19.7 Å². The Morgan fingerprint density at radius 3 is 2.45 bits per heavy atom. The number of ether oxygens (including phenoxy) is 1. The minimum absolute atomic E-state index is 0.104. The Hall–Kier alpha value is -3.52. The lowest BCUT2D eigenvalue weighted by molar-refractivity contribution is -0.133. The van der Waals surface area contributed by atoms with E-state index >= 15 is 0 Å². The first-order valence-electron chi connectivity index (χ1n) is 11.2. The molecule has 174 valence electrons. The van der Waals surface area contributed by atoms with Crippen LogP contribution in [-0.2, 0) is 17.9 Å². The number of likely N-dealkylation sites (N-methyl/N-ethyl adjacent to an activating group) is 1. The SMILES string of the molecule is COc1ccc2c(c1)c(CNC(=O)Nc1ccc(C)cc1)cn2CC(=O)N1CCN(C)CC1. The molecule has 4 rings (SSSR count). The van der Waals surface area contributed by atoms with Gasteiger partial charge in [-0.05, 0) is 49.9 Å². The predicted octanol–water partition coefficient (Wildman–Crippen LogP) is 3.05. The minimum atomic E-state index is -0.281. The number of benzene rings is 2. The zero-order valence-electron chi connectivity index (χ0n) is 19.4. The van der Waals surface area contributed by atoms with Gasteiger partial charge in [-0.15, -0.1) is 0 Å². The van der Waals surface area contributed by atoms with E-state index in [1.165, 1.54) is 0 Å². The molecule has 3 amide bonds. The van der Waals surface area contributed by atoms with Crippen LogP contribution in [0.1, 0.15) is 11.1 Å². The van der Waals surface area contributed by atoms with Crippen molar-refractivity contribution in [3.8, 4) is 5.75 Å². The maximum Gasteiger partial charge on any atom is 0.319 e. The molecule has 2 aromatic carbocycles. The first kappa shape index (κ1) is 22.7. The number of carbonyl (C=O) groups excluding carboxylic acids is 2. The van der Waals surface area contributed by atoms with E-state index in [2.05, 4.69) is 22.6 Å². The molecule has 0 aliphatic carbocycles. The molecule has 1 saturated heterocycles. The first-order valence-corrected chi connectivity index (χ1v) is 11.2. The smallest absolute Gasteiger partial charge is 0.319 e. The number of amides is 3. The van der Waals surface area contributed by atoms with Gasteiger partial charge in [0.1, 0.15) is 12.3 Å². The van der Waals surface area contributed by atoms with Crippen LogP contribution in [-0.4, -0.2) is 66.6 Å². The number of hydrogen-bond donors (Lipinski definition) is 2. The van der Waals surface area contributed by atoms with Crippen LogP contribution in [0.5, 0.6) is 5.75 Å². The summed E-state index contributed by atoms with van der Waals surface area (Å²) < 4.78 is 7.36. The lowest BCUT2D eigenvalue weighted by Crippen LogP contribution is -2.48. The number of piperazine rings is 1. The zero-order valence-corrected chi connectivity index (χ0v) is 19.4. The van der Waals surface area contributed by atoms with E-state index in [1.54, 1.807) is 7.11 Å². The molecule has 0 bridgehead atoms. The summed E-state index contributed by atoms with van der Waals surface area (Å²) in [6.45, 7) is 5.87. The van der Waals surface area contributed by atoms with Crippen LogP contribution in [0.15, 0.2) is 48.7 Å². The molecule has 0 spiro atoms. The van der Waals surface area contributed by atoms with Gasteiger partial charge >= 0.3 is 6.03 Å². The number of methoxy groups -OCH3 is 1. The van der Waals surface area contributed by atoms with E-state index in [1.807, 2.05) is 65.1 Å². The molecule has 0 unspecified atom stereocenters. The van der Waals surface area contributed by atoms with Crippen molar-refractivity contribution >= 4 is 28.5 Å². The number of nitrogens with zero attached hydrogens (tertiary/aromatic N) is 3. The zero-order chi connectivity index (χ0) is 23.4. The van der Waals surface area contributed by atoms with Crippen LogP contribution in [0.4, 0.5) is 10.5 Å². The average Bonchev–Trinajstić information content (AvgIpc) is 3.16. The van der Waals surface area contributed by atoms with Gasteiger partial charge in [-0.2, -0.15) is 0 Å². The third-order valence-corrected chi connectivity index (χ3v) is 6.08. The van der Waals surface area contributed by atoms with Crippen LogP contribution in [0.25, 0.3) is 10.9 Å². The van der Waals surface area contributed by atoms with Crippen molar-refractivity contribution in [3.63, 3.8) is 0 Å². The highest BCUT2D eigenvalue weighted by molar-refractivity contribution is 5.91. The number of urea groups is 1. The number of carbonyl (C=O) groups is 2. The Morgan fingerprint density at radius 1 is 1.03 bits per heavy atom. The van der Waals surface area contributed by atoms with Crippen molar-refractivity contribution in [2.24, 2.45) is 0 Å². The Labute approximate surface area is 194 Å². The second-order valence-corrected chi connectivity index (χ2v) is 8.52. The fourth-order valence-corrected chi connectivity index (χ4v) is 4.04. The first-order chi connectivity index (χ1) is 15.9. The second kappa shape index (κ2) is 9.95. The Kier molecular flexibility index (Phi) is 6.84. The molecule has 0 atom stereocenters. The molecule has 8 nitrogen and oxygen atoms in total. The van der Waals surface area contributed by atoms with Gasteiger partial charge in [-0.3, -0.25) is 4.79 Å². The summed E-state index contributed by atoms with van der Waals surface area (Å²) >= 11 is 0.